The minimum Gasteiger partial charge on any atom is -0.356 e. The summed E-state index contributed by atoms with van der Waals surface area (Å²) in [4.78, 5) is 15.9. The second-order valence-electron chi connectivity index (χ2n) is 5.76. The van der Waals surface area contributed by atoms with Crippen LogP contribution in [0.3, 0.4) is 0 Å². The second-order valence-corrected chi connectivity index (χ2v) is 5.76. The number of nitrogens with zero attached hydrogens (tertiary/aromatic N) is 1. The molecule has 0 aliphatic heterocycles. The van der Waals surface area contributed by atoms with Crippen LogP contribution in [0.15, 0.2) is 29.3 Å². The fourth-order valence-corrected chi connectivity index (χ4v) is 1.93. The van der Waals surface area contributed by atoms with Crippen LogP contribution in [0, 0.1) is 11.7 Å². The first-order chi connectivity index (χ1) is 11.0. The molecule has 1 aromatic carbocycles. The van der Waals surface area contributed by atoms with Crippen molar-refractivity contribution in [3.8, 4) is 0 Å². The number of aliphatic imine (C=N–C) groups is 1. The third-order valence-corrected chi connectivity index (χ3v) is 3.26. The van der Waals surface area contributed by atoms with Gasteiger partial charge in [-0.05, 0) is 30.0 Å². The average Bonchev–Trinajstić information content (AvgIpc) is 2.51. The molecule has 5 nitrogen and oxygen atoms in total. The van der Waals surface area contributed by atoms with Gasteiger partial charge in [0.2, 0.25) is 5.91 Å². The first kappa shape index (κ1) is 18.9. The Labute approximate surface area is 137 Å². The Bertz CT molecular complexity index is 500. The van der Waals surface area contributed by atoms with Gasteiger partial charge in [0.05, 0.1) is 6.42 Å². The lowest BCUT2D eigenvalue weighted by atomic mass is 10.1. The highest BCUT2D eigenvalue weighted by Gasteiger charge is 2.03. The third kappa shape index (κ3) is 8.80. The van der Waals surface area contributed by atoms with Crippen LogP contribution in [0.25, 0.3) is 0 Å². The van der Waals surface area contributed by atoms with E-state index in [9.17, 15) is 9.18 Å². The summed E-state index contributed by atoms with van der Waals surface area (Å²) in [7, 11) is 1.72. The van der Waals surface area contributed by atoms with Gasteiger partial charge in [-0.1, -0.05) is 26.0 Å². The number of benzene rings is 1. The zero-order chi connectivity index (χ0) is 17.1. The number of hydrogen-bond acceptors (Lipinski definition) is 2. The Kier molecular flexibility index (Phi) is 8.72. The van der Waals surface area contributed by atoms with Crippen molar-refractivity contribution in [2.45, 2.75) is 26.7 Å². The van der Waals surface area contributed by atoms with E-state index in [1.807, 2.05) is 0 Å². The van der Waals surface area contributed by atoms with E-state index in [2.05, 4.69) is 34.8 Å². The maximum atomic E-state index is 12.8. The van der Waals surface area contributed by atoms with Crippen molar-refractivity contribution in [1.82, 2.24) is 16.0 Å². The standard InChI is InChI=1S/C17H27FN4O/c1-13(2)8-9-21-17(19-3)22-11-10-20-16(23)12-14-4-6-15(18)7-5-14/h4-7,13H,8-12H2,1-3H3,(H,20,23)(H2,19,21,22). The molecule has 0 aromatic heterocycles. The summed E-state index contributed by atoms with van der Waals surface area (Å²) in [6, 6.07) is 5.95. The van der Waals surface area contributed by atoms with Crippen molar-refractivity contribution in [1.29, 1.82) is 0 Å². The van der Waals surface area contributed by atoms with Gasteiger partial charge in [-0.15, -0.1) is 0 Å². The Morgan fingerprint density at radius 2 is 1.70 bits per heavy atom. The number of carbonyl (C=O) groups is 1. The van der Waals surface area contributed by atoms with Crippen molar-refractivity contribution in [2.75, 3.05) is 26.7 Å². The predicted octanol–water partition coefficient (Wildman–Crippen LogP) is 1.70. The van der Waals surface area contributed by atoms with E-state index >= 15 is 0 Å². The van der Waals surface area contributed by atoms with Crippen LogP contribution in [0.4, 0.5) is 4.39 Å². The fraction of sp³-hybridized carbons (Fsp3) is 0.529. The van der Waals surface area contributed by atoms with Gasteiger partial charge in [-0.2, -0.15) is 0 Å². The van der Waals surface area contributed by atoms with Crippen LogP contribution in [0.5, 0.6) is 0 Å². The summed E-state index contributed by atoms with van der Waals surface area (Å²) in [6.07, 6.45) is 1.33. The molecule has 1 amide bonds. The molecule has 3 N–H and O–H groups in total. The number of nitrogens with one attached hydrogen (secondary N) is 3. The van der Waals surface area contributed by atoms with Gasteiger partial charge in [0, 0.05) is 26.7 Å². The fourth-order valence-electron chi connectivity index (χ4n) is 1.93. The van der Waals surface area contributed by atoms with Crippen LogP contribution in [0.1, 0.15) is 25.8 Å². The van der Waals surface area contributed by atoms with E-state index in [1.165, 1.54) is 12.1 Å². The smallest absolute Gasteiger partial charge is 0.224 e. The molecule has 0 unspecified atom stereocenters. The molecule has 0 aliphatic carbocycles. The maximum Gasteiger partial charge on any atom is 0.224 e. The lowest BCUT2D eigenvalue weighted by Crippen LogP contribution is -2.42. The van der Waals surface area contributed by atoms with E-state index in [0.717, 1.165) is 24.5 Å². The van der Waals surface area contributed by atoms with E-state index < -0.39 is 0 Å². The molecule has 0 aliphatic rings. The van der Waals surface area contributed by atoms with Crippen molar-refractivity contribution in [3.05, 3.63) is 35.6 Å². The number of rotatable bonds is 8. The number of hydrogen-bond donors (Lipinski definition) is 3. The second kappa shape index (κ2) is 10.6. The molecule has 0 radical (unpaired) electrons. The van der Waals surface area contributed by atoms with Crippen LogP contribution >= 0.6 is 0 Å². The highest BCUT2D eigenvalue weighted by Crippen LogP contribution is 2.03. The monoisotopic (exact) mass is 322 g/mol. The first-order valence-electron chi connectivity index (χ1n) is 7.97. The molecule has 0 atom stereocenters. The SMILES string of the molecule is CN=C(NCCNC(=O)Cc1ccc(F)cc1)NCCC(C)C. The van der Waals surface area contributed by atoms with Crippen LogP contribution in [0.2, 0.25) is 0 Å². The van der Waals surface area contributed by atoms with Crippen LogP contribution in [-0.4, -0.2) is 38.5 Å². The van der Waals surface area contributed by atoms with Crippen molar-refractivity contribution < 1.29 is 9.18 Å². The zero-order valence-electron chi connectivity index (χ0n) is 14.2. The Morgan fingerprint density at radius 1 is 1.09 bits per heavy atom. The Balaban J connectivity index is 2.17. The van der Waals surface area contributed by atoms with Gasteiger partial charge in [0.15, 0.2) is 5.96 Å². The van der Waals surface area contributed by atoms with Gasteiger partial charge in [0.1, 0.15) is 5.82 Å². The molecule has 1 aromatic rings. The molecule has 0 saturated carbocycles. The summed E-state index contributed by atoms with van der Waals surface area (Å²) in [6.45, 7) is 6.32. The largest absolute Gasteiger partial charge is 0.356 e. The van der Waals surface area contributed by atoms with Gasteiger partial charge in [0.25, 0.3) is 0 Å². The highest BCUT2D eigenvalue weighted by atomic mass is 19.1. The number of carbonyl (C=O) groups excluding carboxylic acids is 1. The number of halogens is 1. The topological polar surface area (TPSA) is 65.5 Å². The van der Waals surface area contributed by atoms with E-state index in [4.69, 9.17) is 0 Å². The van der Waals surface area contributed by atoms with Crippen molar-refractivity contribution in [2.24, 2.45) is 10.9 Å². The van der Waals surface area contributed by atoms with Crippen LogP contribution in [-0.2, 0) is 11.2 Å². The van der Waals surface area contributed by atoms with Gasteiger partial charge < -0.3 is 16.0 Å². The lowest BCUT2D eigenvalue weighted by Gasteiger charge is -2.13. The highest BCUT2D eigenvalue weighted by molar-refractivity contribution is 5.80. The molecule has 0 spiro atoms. The van der Waals surface area contributed by atoms with Crippen molar-refractivity contribution >= 4 is 11.9 Å². The average molecular weight is 322 g/mol. The predicted molar refractivity (Wildman–Crippen MR) is 91.9 cm³/mol. The zero-order valence-corrected chi connectivity index (χ0v) is 14.2. The minimum absolute atomic E-state index is 0.0823. The molecular weight excluding hydrogens is 295 g/mol. The Hall–Kier alpha value is -2.11. The van der Waals surface area contributed by atoms with E-state index in [-0.39, 0.29) is 18.1 Å². The molecule has 0 saturated heterocycles. The summed E-state index contributed by atoms with van der Waals surface area (Å²) >= 11 is 0. The number of amides is 1. The maximum absolute atomic E-state index is 12.8. The van der Waals surface area contributed by atoms with E-state index in [0.29, 0.717) is 19.0 Å². The summed E-state index contributed by atoms with van der Waals surface area (Å²) in [5.41, 5.74) is 0.794. The minimum atomic E-state index is -0.297. The molecular formula is C17H27FN4O. The summed E-state index contributed by atoms with van der Waals surface area (Å²) < 4.78 is 12.8. The van der Waals surface area contributed by atoms with Crippen LogP contribution < -0.4 is 16.0 Å². The molecule has 1 rings (SSSR count). The molecule has 23 heavy (non-hydrogen) atoms. The molecule has 0 bridgehead atoms. The normalized spacial score (nSPS) is 11.4. The molecule has 128 valence electrons. The molecule has 0 heterocycles. The van der Waals surface area contributed by atoms with Gasteiger partial charge in [-0.3, -0.25) is 9.79 Å². The third-order valence-electron chi connectivity index (χ3n) is 3.26. The molecule has 0 fully saturated rings. The van der Waals surface area contributed by atoms with E-state index in [1.54, 1.807) is 19.2 Å². The number of guanidine groups is 1. The summed E-state index contributed by atoms with van der Waals surface area (Å²) in [5, 5.41) is 9.19. The van der Waals surface area contributed by atoms with Crippen molar-refractivity contribution in [3.63, 3.8) is 0 Å². The Morgan fingerprint density at radius 3 is 2.30 bits per heavy atom. The van der Waals surface area contributed by atoms with Gasteiger partial charge in [-0.25, -0.2) is 4.39 Å². The van der Waals surface area contributed by atoms with Gasteiger partial charge >= 0.3 is 0 Å². The molecule has 6 heteroatoms. The summed E-state index contributed by atoms with van der Waals surface area (Å²) in [5.74, 6) is 1.00. The lowest BCUT2D eigenvalue weighted by molar-refractivity contribution is -0.120. The quantitative estimate of drug-likeness (QED) is 0.388. The first-order valence-corrected chi connectivity index (χ1v) is 7.97.